The predicted octanol–water partition coefficient (Wildman–Crippen LogP) is 2.53. The van der Waals surface area contributed by atoms with Gasteiger partial charge in [-0.25, -0.2) is 9.78 Å². The monoisotopic (exact) mass is 258 g/mol. The lowest BCUT2D eigenvalue weighted by atomic mass is 10.3. The molecular formula is C11H9F3N2O2. The van der Waals surface area contributed by atoms with E-state index in [-0.39, 0.29) is 17.8 Å². The highest BCUT2D eigenvalue weighted by atomic mass is 19.4. The van der Waals surface area contributed by atoms with Crippen LogP contribution in [0.1, 0.15) is 23.2 Å². The van der Waals surface area contributed by atoms with Crippen molar-refractivity contribution in [2.75, 3.05) is 6.61 Å². The molecule has 0 aliphatic carbocycles. The summed E-state index contributed by atoms with van der Waals surface area (Å²) in [5.41, 5.74) is -0.256. The van der Waals surface area contributed by atoms with E-state index < -0.39 is 18.0 Å². The number of rotatable bonds is 2. The summed E-state index contributed by atoms with van der Waals surface area (Å²) in [6, 6.07) is 4.34. The third-order valence-corrected chi connectivity index (χ3v) is 2.27. The SMILES string of the molecule is CCOC(=O)c1nc(C(F)(F)F)n2ccccc12. The fourth-order valence-electron chi connectivity index (χ4n) is 1.59. The Bertz CT molecular complexity index is 589. The number of hydrogen-bond donors (Lipinski definition) is 0. The first kappa shape index (κ1) is 12.4. The Morgan fingerprint density at radius 2 is 2.17 bits per heavy atom. The third-order valence-electron chi connectivity index (χ3n) is 2.27. The number of nitrogens with zero attached hydrogens (tertiary/aromatic N) is 2. The lowest BCUT2D eigenvalue weighted by Gasteiger charge is -2.03. The molecular weight excluding hydrogens is 249 g/mol. The van der Waals surface area contributed by atoms with E-state index in [9.17, 15) is 18.0 Å². The second-order valence-corrected chi connectivity index (χ2v) is 3.46. The first-order valence-electron chi connectivity index (χ1n) is 5.16. The summed E-state index contributed by atoms with van der Waals surface area (Å²) >= 11 is 0. The largest absolute Gasteiger partial charge is 0.461 e. The smallest absolute Gasteiger partial charge is 0.450 e. The molecule has 0 bridgehead atoms. The normalized spacial score (nSPS) is 11.8. The van der Waals surface area contributed by atoms with Crippen LogP contribution in [0.25, 0.3) is 5.52 Å². The molecule has 0 saturated heterocycles. The van der Waals surface area contributed by atoms with Crippen molar-refractivity contribution in [2.24, 2.45) is 0 Å². The number of halogens is 3. The van der Waals surface area contributed by atoms with Gasteiger partial charge in [0.25, 0.3) is 0 Å². The summed E-state index contributed by atoms with van der Waals surface area (Å²) in [4.78, 5) is 14.9. The molecule has 0 aromatic carbocycles. The zero-order valence-corrected chi connectivity index (χ0v) is 9.36. The van der Waals surface area contributed by atoms with Gasteiger partial charge >= 0.3 is 12.1 Å². The molecule has 0 fully saturated rings. The summed E-state index contributed by atoms with van der Waals surface area (Å²) in [5.74, 6) is -2.00. The summed E-state index contributed by atoms with van der Waals surface area (Å²) in [6.45, 7) is 1.65. The maximum absolute atomic E-state index is 12.7. The number of carbonyl (C=O) groups excluding carboxylic acids is 1. The Morgan fingerprint density at radius 3 is 2.78 bits per heavy atom. The molecule has 0 atom stereocenters. The van der Waals surface area contributed by atoms with Crippen LogP contribution in [0, 0.1) is 0 Å². The number of ether oxygens (including phenoxy) is 1. The van der Waals surface area contributed by atoms with E-state index in [1.807, 2.05) is 0 Å². The van der Waals surface area contributed by atoms with Crippen LogP contribution in [0.3, 0.4) is 0 Å². The average Bonchev–Trinajstić information content (AvgIpc) is 2.68. The first-order valence-corrected chi connectivity index (χ1v) is 5.16. The van der Waals surface area contributed by atoms with E-state index in [4.69, 9.17) is 0 Å². The Labute approximate surface area is 100 Å². The van der Waals surface area contributed by atoms with Gasteiger partial charge in [0.05, 0.1) is 12.1 Å². The number of carbonyl (C=O) groups is 1. The van der Waals surface area contributed by atoms with Crippen LogP contribution in [-0.4, -0.2) is 22.0 Å². The molecule has 0 saturated carbocycles. The summed E-state index contributed by atoms with van der Waals surface area (Å²) in [6.07, 6.45) is -3.43. The molecule has 7 heteroatoms. The fourth-order valence-corrected chi connectivity index (χ4v) is 1.59. The van der Waals surface area contributed by atoms with Crippen LogP contribution >= 0.6 is 0 Å². The third kappa shape index (κ3) is 2.03. The fraction of sp³-hybridized carbons (Fsp3) is 0.273. The molecule has 0 N–H and O–H groups in total. The van der Waals surface area contributed by atoms with Gasteiger partial charge in [0.15, 0.2) is 5.69 Å². The summed E-state index contributed by atoms with van der Waals surface area (Å²) < 4.78 is 43.7. The molecule has 2 heterocycles. The molecule has 0 unspecified atom stereocenters. The van der Waals surface area contributed by atoms with Gasteiger partial charge in [-0.15, -0.1) is 0 Å². The first-order chi connectivity index (χ1) is 8.45. The van der Waals surface area contributed by atoms with Gasteiger partial charge in [0.2, 0.25) is 5.82 Å². The average molecular weight is 258 g/mol. The van der Waals surface area contributed by atoms with E-state index >= 15 is 0 Å². The van der Waals surface area contributed by atoms with Gasteiger partial charge < -0.3 is 4.74 Å². The lowest BCUT2D eigenvalue weighted by Crippen LogP contribution is -2.11. The molecule has 0 spiro atoms. The van der Waals surface area contributed by atoms with Gasteiger partial charge in [-0.05, 0) is 19.1 Å². The molecule has 0 aliphatic heterocycles. The zero-order valence-electron chi connectivity index (χ0n) is 9.36. The van der Waals surface area contributed by atoms with Crippen LogP contribution in [0.4, 0.5) is 13.2 Å². The number of fused-ring (bicyclic) bond motifs is 1. The molecule has 2 aromatic heterocycles. The highest BCUT2D eigenvalue weighted by Crippen LogP contribution is 2.30. The minimum atomic E-state index is -4.63. The molecule has 4 nitrogen and oxygen atoms in total. The Kier molecular flexibility index (Phi) is 2.98. The van der Waals surface area contributed by atoms with E-state index in [0.29, 0.717) is 0 Å². The van der Waals surface area contributed by atoms with E-state index in [1.165, 1.54) is 24.4 Å². The van der Waals surface area contributed by atoms with Crippen molar-refractivity contribution in [2.45, 2.75) is 13.1 Å². The van der Waals surface area contributed by atoms with Crippen molar-refractivity contribution in [1.29, 1.82) is 0 Å². The second kappa shape index (κ2) is 4.32. The minimum Gasteiger partial charge on any atom is -0.461 e. The van der Waals surface area contributed by atoms with Crippen molar-refractivity contribution in [3.05, 3.63) is 35.9 Å². The van der Waals surface area contributed by atoms with Crippen LogP contribution in [0.15, 0.2) is 24.4 Å². The molecule has 96 valence electrons. The minimum absolute atomic E-state index is 0.0725. The van der Waals surface area contributed by atoms with Gasteiger partial charge in [-0.1, -0.05) is 6.07 Å². The van der Waals surface area contributed by atoms with Gasteiger partial charge in [-0.2, -0.15) is 13.2 Å². The van der Waals surface area contributed by atoms with E-state index in [1.54, 1.807) is 6.92 Å². The zero-order chi connectivity index (χ0) is 13.3. The standard InChI is InChI=1S/C11H9F3N2O2/c1-2-18-9(17)8-7-5-3-4-6-16(7)10(15-8)11(12,13)14/h3-6H,2H2,1H3. The summed E-state index contributed by atoms with van der Waals surface area (Å²) in [5, 5.41) is 0. The van der Waals surface area contributed by atoms with Gasteiger partial charge in [-0.3, -0.25) is 4.40 Å². The van der Waals surface area contributed by atoms with Crippen molar-refractivity contribution in [3.8, 4) is 0 Å². The highest BCUT2D eigenvalue weighted by Gasteiger charge is 2.38. The van der Waals surface area contributed by atoms with Crippen molar-refractivity contribution < 1.29 is 22.7 Å². The molecule has 0 amide bonds. The molecule has 2 aromatic rings. The highest BCUT2D eigenvalue weighted by molar-refractivity contribution is 5.95. The number of pyridine rings is 1. The maximum atomic E-state index is 12.7. The Balaban J connectivity index is 2.65. The number of hydrogen-bond acceptors (Lipinski definition) is 3. The van der Waals surface area contributed by atoms with Crippen molar-refractivity contribution in [3.63, 3.8) is 0 Å². The molecule has 0 radical (unpaired) electrons. The number of alkyl halides is 3. The van der Waals surface area contributed by atoms with E-state index in [2.05, 4.69) is 9.72 Å². The second-order valence-electron chi connectivity index (χ2n) is 3.46. The number of aromatic nitrogens is 2. The van der Waals surface area contributed by atoms with Gasteiger partial charge in [0, 0.05) is 6.20 Å². The van der Waals surface area contributed by atoms with Gasteiger partial charge in [0.1, 0.15) is 0 Å². The Morgan fingerprint density at radius 1 is 1.44 bits per heavy atom. The van der Waals surface area contributed by atoms with E-state index in [0.717, 1.165) is 4.40 Å². The number of esters is 1. The topological polar surface area (TPSA) is 43.6 Å². The van der Waals surface area contributed by atoms with Crippen LogP contribution in [0.5, 0.6) is 0 Å². The molecule has 18 heavy (non-hydrogen) atoms. The Hall–Kier alpha value is -2.05. The lowest BCUT2D eigenvalue weighted by molar-refractivity contribution is -0.145. The quantitative estimate of drug-likeness (QED) is 0.777. The molecule has 0 aliphatic rings. The molecule has 2 rings (SSSR count). The number of imidazole rings is 1. The maximum Gasteiger partial charge on any atom is 0.450 e. The van der Waals surface area contributed by atoms with Crippen molar-refractivity contribution in [1.82, 2.24) is 9.38 Å². The van der Waals surface area contributed by atoms with Crippen LogP contribution in [-0.2, 0) is 10.9 Å². The van der Waals surface area contributed by atoms with Crippen LogP contribution in [0.2, 0.25) is 0 Å². The summed E-state index contributed by atoms with van der Waals surface area (Å²) in [7, 11) is 0. The van der Waals surface area contributed by atoms with Crippen LogP contribution < -0.4 is 0 Å². The predicted molar refractivity (Wildman–Crippen MR) is 56.2 cm³/mol. The van der Waals surface area contributed by atoms with Crippen molar-refractivity contribution >= 4 is 11.5 Å².